The molecule has 0 bridgehead atoms. The maximum absolute atomic E-state index is 13.2. The highest BCUT2D eigenvalue weighted by Crippen LogP contribution is 2.10. The van der Waals surface area contributed by atoms with Crippen molar-refractivity contribution in [3.05, 3.63) is 16.7 Å². The normalized spacial score (nSPS) is 11.5. The number of carbonyl (C=O) groups is 3. The first-order chi connectivity index (χ1) is 19.0. The summed E-state index contributed by atoms with van der Waals surface area (Å²) in [5.74, 6) is -1.08. The van der Waals surface area contributed by atoms with Crippen molar-refractivity contribution in [2.24, 2.45) is 0 Å². The molecule has 0 atom stereocenters. The number of carbonyl (C=O) groups excluding carboxylic acids is 3. The Hall–Kier alpha value is -3.48. The van der Waals surface area contributed by atoms with Crippen LogP contribution in [-0.4, -0.2) is 74.1 Å². The Morgan fingerprint density at radius 2 is 1.68 bits per heavy atom. The van der Waals surface area contributed by atoms with E-state index in [1.54, 1.807) is 20.8 Å². The van der Waals surface area contributed by atoms with Gasteiger partial charge in [0.1, 0.15) is 12.1 Å². The molecule has 0 spiro atoms. The van der Waals surface area contributed by atoms with Crippen LogP contribution in [0.25, 0.3) is 11.2 Å². The van der Waals surface area contributed by atoms with Crippen molar-refractivity contribution >= 4 is 35.0 Å². The van der Waals surface area contributed by atoms with E-state index in [0.29, 0.717) is 6.54 Å². The van der Waals surface area contributed by atoms with E-state index < -0.39 is 29.1 Å². The molecule has 0 fully saturated rings. The number of hydrogen-bond acceptors (Lipinski definition) is 9. The Labute approximate surface area is 235 Å². The molecule has 0 unspecified atom stereocenters. The van der Waals surface area contributed by atoms with E-state index in [1.807, 2.05) is 0 Å². The number of imidazole rings is 1. The number of alkyl carbamates (subject to hydrolysis) is 1. The molecule has 0 saturated heterocycles. The van der Waals surface area contributed by atoms with Gasteiger partial charge in [-0.15, -0.1) is 0 Å². The summed E-state index contributed by atoms with van der Waals surface area (Å²) in [4.78, 5) is 61.8. The molecule has 5 N–H and O–H groups in total. The van der Waals surface area contributed by atoms with Gasteiger partial charge in [0.05, 0.1) is 12.9 Å². The first-order valence-electron chi connectivity index (χ1n) is 14.2. The summed E-state index contributed by atoms with van der Waals surface area (Å²) < 4.78 is 6.59. The van der Waals surface area contributed by atoms with E-state index in [-0.39, 0.29) is 43.3 Å². The van der Waals surface area contributed by atoms with E-state index in [1.165, 1.54) is 55.8 Å². The van der Waals surface area contributed by atoms with Gasteiger partial charge in [0.2, 0.25) is 17.8 Å². The largest absolute Gasteiger partial charge is 0.444 e. The Bertz CT molecular complexity index is 1150. The molecule has 13 heteroatoms. The number of nitrogens with zero attached hydrogens (tertiary/aromatic N) is 4. The summed E-state index contributed by atoms with van der Waals surface area (Å²) in [5.41, 5.74) is 4.61. The highest BCUT2D eigenvalue weighted by Gasteiger charge is 2.23. The summed E-state index contributed by atoms with van der Waals surface area (Å²) in [6.45, 7) is 7.75. The molecule has 0 aliphatic rings. The number of nitrogen functional groups attached to an aromatic ring is 1. The summed E-state index contributed by atoms with van der Waals surface area (Å²) in [5, 5.41) is 5.70. The van der Waals surface area contributed by atoms with Gasteiger partial charge in [0.15, 0.2) is 11.2 Å². The molecule has 224 valence electrons. The monoisotopic (exact) mass is 562 g/mol. The number of imide groups is 1. The van der Waals surface area contributed by atoms with Crippen LogP contribution < -0.4 is 21.9 Å². The number of aromatic amines is 1. The van der Waals surface area contributed by atoms with Crippen LogP contribution in [0.4, 0.5) is 10.7 Å². The number of ether oxygens (including phenoxy) is 1. The summed E-state index contributed by atoms with van der Waals surface area (Å²) in [6, 6.07) is 0. The lowest BCUT2D eigenvalue weighted by atomic mass is 10.1. The zero-order valence-electron chi connectivity index (χ0n) is 24.4. The van der Waals surface area contributed by atoms with E-state index in [0.717, 1.165) is 17.7 Å². The van der Waals surface area contributed by atoms with Crippen LogP contribution >= 0.6 is 0 Å². The Morgan fingerprint density at radius 1 is 1.02 bits per heavy atom. The molecule has 2 aromatic heterocycles. The predicted octanol–water partition coefficient (Wildman–Crippen LogP) is 2.70. The smallest absolute Gasteiger partial charge is 0.407 e. The Morgan fingerprint density at radius 3 is 2.33 bits per heavy atom. The van der Waals surface area contributed by atoms with Crippen molar-refractivity contribution in [2.45, 2.75) is 97.6 Å². The summed E-state index contributed by atoms with van der Waals surface area (Å²) in [7, 11) is 0. The number of hydrogen-bond donors (Lipinski definition) is 4. The number of unbranched alkanes of at least 4 members (excludes halogenated alkanes) is 8. The lowest BCUT2D eigenvalue weighted by Crippen LogP contribution is -2.47. The average Bonchev–Trinajstić information content (AvgIpc) is 3.26. The van der Waals surface area contributed by atoms with Gasteiger partial charge in [-0.05, 0) is 33.7 Å². The molecule has 0 aromatic carbocycles. The van der Waals surface area contributed by atoms with Gasteiger partial charge in [-0.1, -0.05) is 58.3 Å². The first-order valence-corrected chi connectivity index (χ1v) is 14.2. The van der Waals surface area contributed by atoms with Crippen LogP contribution in [0.3, 0.4) is 0 Å². The van der Waals surface area contributed by atoms with Crippen LogP contribution in [0, 0.1) is 0 Å². The summed E-state index contributed by atoms with van der Waals surface area (Å²) in [6.07, 6.45) is 11.5. The SMILES string of the molecule is CCCCCCCCCCCNCC(=O)N(CCNC(=O)OC(C)(C)C)C(=O)Cn1cnc2c(=O)[nH]c(N)nc21. The lowest BCUT2D eigenvalue weighted by Gasteiger charge is -2.23. The minimum Gasteiger partial charge on any atom is -0.444 e. The second-order valence-corrected chi connectivity index (χ2v) is 10.9. The molecule has 13 nitrogen and oxygen atoms in total. The van der Waals surface area contributed by atoms with Gasteiger partial charge < -0.3 is 25.7 Å². The first kappa shape index (κ1) is 32.7. The fraction of sp³-hybridized carbons (Fsp3) is 0.704. The number of anilines is 1. The summed E-state index contributed by atoms with van der Waals surface area (Å²) >= 11 is 0. The number of aromatic nitrogens is 4. The van der Waals surface area contributed by atoms with E-state index in [2.05, 4.69) is 32.5 Å². The molecule has 2 heterocycles. The van der Waals surface area contributed by atoms with Crippen molar-refractivity contribution in [3.63, 3.8) is 0 Å². The van der Waals surface area contributed by atoms with Crippen LogP contribution in [0.5, 0.6) is 0 Å². The maximum Gasteiger partial charge on any atom is 0.407 e. The zero-order valence-corrected chi connectivity index (χ0v) is 24.4. The number of amides is 3. The molecular weight excluding hydrogens is 516 g/mol. The number of nitrogens with one attached hydrogen (secondary N) is 3. The fourth-order valence-electron chi connectivity index (χ4n) is 4.14. The van der Waals surface area contributed by atoms with Crippen LogP contribution in [-0.2, 0) is 20.9 Å². The fourth-order valence-corrected chi connectivity index (χ4v) is 4.14. The quantitative estimate of drug-likeness (QED) is 0.211. The van der Waals surface area contributed by atoms with E-state index in [4.69, 9.17) is 10.5 Å². The second-order valence-electron chi connectivity index (χ2n) is 10.9. The van der Waals surface area contributed by atoms with Gasteiger partial charge in [-0.25, -0.2) is 9.78 Å². The number of nitrogens with two attached hydrogens (primary N) is 1. The molecule has 0 aliphatic heterocycles. The highest BCUT2D eigenvalue weighted by atomic mass is 16.6. The van der Waals surface area contributed by atoms with E-state index >= 15 is 0 Å². The number of fused-ring (bicyclic) bond motifs is 1. The van der Waals surface area contributed by atoms with Gasteiger partial charge in [-0.3, -0.25) is 24.3 Å². The van der Waals surface area contributed by atoms with E-state index in [9.17, 15) is 19.2 Å². The predicted molar refractivity (Wildman–Crippen MR) is 154 cm³/mol. The van der Waals surface area contributed by atoms with Gasteiger partial charge in [0, 0.05) is 13.1 Å². The maximum atomic E-state index is 13.2. The Balaban J connectivity index is 1.91. The lowest BCUT2D eigenvalue weighted by molar-refractivity contribution is -0.144. The molecule has 0 aliphatic carbocycles. The third kappa shape index (κ3) is 11.7. The highest BCUT2D eigenvalue weighted by molar-refractivity contribution is 5.96. The molecule has 2 aromatic rings. The van der Waals surface area contributed by atoms with Crippen LogP contribution in [0.2, 0.25) is 0 Å². The van der Waals surface area contributed by atoms with Crippen LogP contribution in [0.1, 0.15) is 85.5 Å². The van der Waals surface area contributed by atoms with Gasteiger partial charge in [0.25, 0.3) is 5.56 Å². The van der Waals surface area contributed by atoms with Crippen molar-refractivity contribution in [3.8, 4) is 0 Å². The molecule has 3 amide bonds. The number of H-pyrrole nitrogens is 1. The third-order valence-corrected chi connectivity index (χ3v) is 6.14. The van der Waals surface area contributed by atoms with Crippen molar-refractivity contribution in [2.75, 3.05) is 31.9 Å². The minimum atomic E-state index is -0.677. The third-order valence-electron chi connectivity index (χ3n) is 6.14. The molecule has 0 radical (unpaired) electrons. The molecule has 0 saturated carbocycles. The standard InChI is InChI=1S/C27H46N8O5/c1-5-6-7-8-9-10-11-12-13-14-29-17-20(36)35(16-15-30-26(39)40-27(2,3)4)21(37)18-34-19-31-22-23(34)32-25(28)33-24(22)38/h19,29H,5-18H2,1-4H3,(H,30,39)(H3,28,32,33,38). The van der Waals surface area contributed by atoms with Crippen molar-refractivity contribution < 1.29 is 19.1 Å². The minimum absolute atomic E-state index is 0.0141. The number of rotatable bonds is 17. The average molecular weight is 563 g/mol. The Kier molecular flexibility index (Phi) is 13.6. The zero-order chi connectivity index (χ0) is 29.5. The van der Waals surface area contributed by atoms with Gasteiger partial charge >= 0.3 is 6.09 Å². The van der Waals surface area contributed by atoms with Crippen molar-refractivity contribution in [1.82, 2.24) is 35.1 Å². The molecule has 40 heavy (non-hydrogen) atoms. The van der Waals surface area contributed by atoms with Crippen LogP contribution in [0.15, 0.2) is 11.1 Å². The topological polar surface area (TPSA) is 177 Å². The molecule has 2 rings (SSSR count). The molecular formula is C27H46N8O5. The van der Waals surface area contributed by atoms with Gasteiger partial charge in [-0.2, -0.15) is 4.98 Å². The van der Waals surface area contributed by atoms with Crippen molar-refractivity contribution in [1.29, 1.82) is 0 Å². The second kappa shape index (κ2) is 16.6.